The van der Waals surface area contributed by atoms with E-state index >= 15 is 0 Å². The minimum atomic E-state index is -0.885. The molecule has 1 aliphatic heterocycles. The summed E-state index contributed by atoms with van der Waals surface area (Å²) in [6.07, 6.45) is 1.20. The molecule has 4 nitrogen and oxygen atoms in total. The second-order valence-corrected chi connectivity index (χ2v) is 6.54. The van der Waals surface area contributed by atoms with Crippen LogP contribution in [0.3, 0.4) is 0 Å². The van der Waals surface area contributed by atoms with E-state index in [2.05, 4.69) is 39.6 Å². The Morgan fingerprint density at radius 3 is 2.52 bits per heavy atom. The average molecular weight is 355 g/mol. The van der Waals surface area contributed by atoms with Gasteiger partial charge >= 0.3 is 5.97 Å². The standard InChI is InChI=1S/C16H23BrN2O2/c1-3-12(2)19-8-6-18(7-9-19)11-14-5-4-13(16(20)21)10-15(14)17/h4-5,10,12H,3,6-9,11H2,1-2H3,(H,20,21). The number of carbonyl (C=O) groups is 1. The van der Waals surface area contributed by atoms with Crippen LogP contribution in [-0.4, -0.2) is 53.1 Å². The van der Waals surface area contributed by atoms with Gasteiger partial charge in [0.2, 0.25) is 0 Å². The van der Waals surface area contributed by atoms with E-state index in [4.69, 9.17) is 5.11 Å². The number of rotatable bonds is 5. The number of piperazine rings is 1. The van der Waals surface area contributed by atoms with Crippen LogP contribution in [0.25, 0.3) is 0 Å². The maximum absolute atomic E-state index is 10.9. The first-order valence-electron chi connectivity index (χ1n) is 7.49. The minimum Gasteiger partial charge on any atom is -0.478 e. The van der Waals surface area contributed by atoms with Crippen molar-refractivity contribution < 1.29 is 9.90 Å². The van der Waals surface area contributed by atoms with Gasteiger partial charge in [-0.05, 0) is 31.0 Å². The van der Waals surface area contributed by atoms with Gasteiger partial charge in [-0.1, -0.05) is 28.9 Å². The number of hydrogen-bond acceptors (Lipinski definition) is 3. The van der Waals surface area contributed by atoms with Gasteiger partial charge in [-0.25, -0.2) is 4.79 Å². The first-order chi connectivity index (χ1) is 10.0. The van der Waals surface area contributed by atoms with Crippen LogP contribution in [0.5, 0.6) is 0 Å². The fraction of sp³-hybridized carbons (Fsp3) is 0.562. The minimum absolute atomic E-state index is 0.326. The molecule has 1 unspecified atom stereocenters. The third-order valence-electron chi connectivity index (χ3n) is 4.32. The Hall–Kier alpha value is -0.910. The molecule has 0 saturated carbocycles. The van der Waals surface area contributed by atoms with E-state index in [0.717, 1.165) is 42.8 Å². The van der Waals surface area contributed by atoms with Crippen molar-refractivity contribution in [2.45, 2.75) is 32.9 Å². The number of carboxylic acid groups (broad SMARTS) is 1. The summed E-state index contributed by atoms with van der Waals surface area (Å²) in [4.78, 5) is 15.9. The SMILES string of the molecule is CCC(C)N1CCN(Cc2ccc(C(=O)O)cc2Br)CC1. The van der Waals surface area contributed by atoms with Crippen LogP contribution in [-0.2, 0) is 6.54 Å². The van der Waals surface area contributed by atoms with Crippen LogP contribution in [0.15, 0.2) is 22.7 Å². The fourth-order valence-electron chi connectivity index (χ4n) is 2.67. The summed E-state index contributed by atoms with van der Waals surface area (Å²) < 4.78 is 0.881. The van der Waals surface area contributed by atoms with Crippen molar-refractivity contribution in [3.05, 3.63) is 33.8 Å². The Kier molecular flexibility index (Phi) is 5.79. The smallest absolute Gasteiger partial charge is 0.335 e. The summed E-state index contributed by atoms with van der Waals surface area (Å²) in [6.45, 7) is 9.75. The molecule has 2 rings (SSSR count). The Bertz CT molecular complexity index is 499. The third-order valence-corrected chi connectivity index (χ3v) is 5.05. The second kappa shape index (κ2) is 7.38. The maximum atomic E-state index is 10.9. The summed E-state index contributed by atoms with van der Waals surface area (Å²) in [7, 11) is 0. The van der Waals surface area contributed by atoms with Crippen molar-refractivity contribution in [3.8, 4) is 0 Å². The molecule has 0 aromatic heterocycles. The van der Waals surface area contributed by atoms with Crippen LogP contribution in [0, 0.1) is 0 Å². The quantitative estimate of drug-likeness (QED) is 0.882. The number of nitrogens with zero attached hydrogens (tertiary/aromatic N) is 2. The predicted molar refractivity (Wildman–Crippen MR) is 87.7 cm³/mol. The fourth-order valence-corrected chi connectivity index (χ4v) is 3.17. The average Bonchev–Trinajstić information content (AvgIpc) is 2.49. The highest BCUT2D eigenvalue weighted by atomic mass is 79.9. The van der Waals surface area contributed by atoms with Crippen molar-refractivity contribution in [1.29, 1.82) is 0 Å². The molecule has 0 amide bonds. The van der Waals surface area contributed by atoms with Gasteiger partial charge in [-0.15, -0.1) is 0 Å². The van der Waals surface area contributed by atoms with E-state index in [1.54, 1.807) is 12.1 Å². The van der Waals surface area contributed by atoms with E-state index in [0.29, 0.717) is 11.6 Å². The molecule has 1 aliphatic rings. The Balaban J connectivity index is 1.93. The highest BCUT2D eigenvalue weighted by Crippen LogP contribution is 2.21. The summed E-state index contributed by atoms with van der Waals surface area (Å²) in [5, 5.41) is 8.99. The molecule has 1 N–H and O–H groups in total. The van der Waals surface area contributed by atoms with Gasteiger partial charge < -0.3 is 5.11 Å². The molecule has 1 fully saturated rings. The van der Waals surface area contributed by atoms with Gasteiger partial charge in [-0.2, -0.15) is 0 Å². The summed E-state index contributed by atoms with van der Waals surface area (Å²) in [5.41, 5.74) is 1.48. The normalized spacial score (nSPS) is 18.6. The molecule has 116 valence electrons. The third kappa shape index (κ3) is 4.28. The second-order valence-electron chi connectivity index (χ2n) is 5.68. The molecular weight excluding hydrogens is 332 g/mol. The van der Waals surface area contributed by atoms with E-state index in [1.807, 2.05) is 6.07 Å². The van der Waals surface area contributed by atoms with Gasteiger partial charge in [0.1, 0.15) is 0 Å². The monoisotopic (exact) mass is 354 g/mol. The van der Waals surface area contributed by atoms with Gasteiger partial charge in [0.15, 0.2) is 0 Å². The summed E-state index contributed by atoms with van der Waals surface area (Å²) >= 11 is 3.49. The van der Waals surface area contributed by atoms with E-state index < -0.39 is 5.97 Å². The van der Waals surface area contributed by atoms with Crippen molar-refractivity contribution in [3.63, 3.8) is 0 Å². The molecule has 1 aromatic carbocycles. The molecule has 1 heterocycles. The first kappa shape index (κ1) is 16.5. The molecule has 0 spiro atoms. The first-order valence-corrected chi connectivity index (χ1v) is 8.28. The van der Waals surface area contributed by atoms with E-state index in [1.165, 1.54) is 6.42 Å². The Labute approximate surface area is 134 Å². The summed E-state index contributed by atoms with van der Waals surface area (Å²) in [6, 6.07) is 5.94. The lowest BCUT2D eigenvalue weighted by atomic mass is 10.1. The van der Waals surface area contributed by atoms with Gasteiger partial charge in [0, 0.05) is 43.2 Å². The highest BCUT2D eigenvalue weighted by Gasteiger charge is 2.20. The number of carboxylic acids is 1. The van der Waals surface area contributed by atoms with Crippen LogP contribution >= 0.6 is 15.9 Å². The number of benzene rings is 1. The number of hydrogen-bond donors (Lipinski definition) is 1. The van der Waals surface area contributed by atoms with Crippen LogP contribution < -0.4 is 0 Å². The highest BCUT2D eigenvalue weighted by molar-refractivity contribution is 9.10. The maximum Gasteiger partial charge on any atom is 0.335 e. The van der Waals surface area contributed by atoms with Crippen molar-refractivity contribution >= 4 is 21.9 Å². The van der Waals surface area contributed by atoms with Crippen LogP contribution in [0.4, 0.5) is 0 Å². The zero-order valence-electron chi connectivity index (χ0n) is 12.7. The molecule has 1 atom stereocenters. The molecule has 21 heavy (non-hydrogen) atoms. The van der Waals surface area contributed by atoms with E-state index in [9.17, 15) is 4.79 Å². The molecular formula is C16H23BrN2O2. The van der Waals surface area contributed by atoms with Gasteiger partial charge in [0.05, 0.1) is 5.56 Å². The van der Waals surface area contributed by atoms with Crippen LogP contribution in [0.1, 0.15) is 36.2 Å². The molecule has 0 radical (unpaired) electrons. The largest absolute Gasteiger partial charge is 0.478 e. The van der Waals surface area contributed by atoms with Crippen molar-refractivity contribution in [2.24, 2.45) is 0 Å². The molecule has 1 saturated heterocycles. The number of aromatic carboxylic acids is 1. The molecule has 5 heteroatoms. The molecule has 0 bridgehead atoms. The lowest BCUT2D eigenvalue weighted by Crippen LogP contribution is -2.49. The summed E-state index contributed by atoms with van der Waals surface area (Å²) in [5.74, 6) is -0.885. The van der Waals surface area contributed by atoms with E-state index in [-0.39, 0.29) is 0 Å². The number of halogens is 1. The Morgan fingerprint density at radius 2 is 2.00 bits per heavy atom. The lowest BCUT2D eigenvalue weighted by Gasteiger charge is -2.38. The predicted octanol–water partition coefficient (Wildman–Crippen LogP) is 3.06. The van der Waals surface area contributed by atoms with Crippen LogP contribution in [0.2, 0.25) is 0 Å². The zero-order chi connectivity index (χ0) is 15.4. The molecule has 1 aromatic rings. The van der Waals surface area contributed by atoms with Crippen molar-refractivity contribution in [2.75, 3.05) is 26.2 Å². The van der Waals surface area contributed by atoms with Gasteiger partial charge in [0.25, 0.3) is 0 Å². The van der Waals surface area contributed by atoms with Gasteiger partial charge in [-0.3, -0.25) is 9.80 Å². The molecule has 0 aliphatic carbocycles. The lowest BCUT2D eigenvalue weighted by molar-refractivity contribution is 0.0696. The zero-order valence-corrected chi connectivity index (χ0v) is 14.3. The van der Waals surface area contributed by atoms with Crippen molar-refractivity contribution in [1.82, 2.24) is 9.80 Å². The Morgan fingerprint density at radius 1 is 1.33 bits per heavy atom. The topological polar surface area (TPSA) is 43.8 Å².